The lowest BCUT2D eigenvalue weighted by Gasteiger charge is -2.06. The fourth-order valence-electron chi connectivity index (χ4n) is 1.80. The lowest BCUT2D eigenvalue weighted by atomic mass is 10.2. The fourth-order valence-corrected chi connectivity index (χ4v) is 2.93. The van der Waals surface area contributed by atoms with Crippen LogP contribution in [0.25, 0.3) is 0 Å². The number of hydrogen-bond acceptors (Lipinski definition) is 3. The minimum atomic E-state index is -0.318. The van der Waals surface area contributed by atoms with Gasteiger partial charge in [0.25, 0.3) is 0 Å². The average molecular weight is 307 g/mol. The Kier molecular flexibility index (Phi) is 5.10. The van der Waals surface area contributed by atoms with Gasteiger partial charge >= 0.3 is 5.97 Å². The molecule has 0 unspecified atom stereocenters. The number of aryl methyl sites for hydroxylation is 1. The topological polar surface area (TPSA) is 26.3 Å². The first-order valence-corrected chi connectivity index (χ1v) is 7.48. The van der Waals surface area contributed by atoms with Crippen molar-refractivity contribution in [2.24, 2.45) is 0 Å². The summed E-state index contributed by atoms with van der Waals surface area (Å²) in [5.41, 5.74) is 1.70. The third-order valence-electron chi connectivity index (χ3n) is 2.91. The van der Waals surface area contributed by atoms with E-state index in [0.29, 0.717) is 5.56 Å². The van der Waals surface area contributed by atoms with E-state index in [1.807, 2.05) is 24.3 Å². The monoisotopic (exact) mass is 306 g/mol. The second-order valence-corrected chi connectivity index (χ2v) is 5.78. The van der Waals surface area contributed by atoms with Crippen molar-refractivity contribution in [1.82, 2.24) is 0 Å². The molecule has 104 valence electrons. The molecular weight excluding hydrogens is 292 g/mol. The van der Waals surface area contributed by atoms with Crippen molar-refractivity contribution in [2.75, 3.05) is 7.11 Å². The number of hydrogen-bond donors (Lipinski definition) is 0. The van der Waals surface area contributed by atoms with Crippen molar-refractivity contribution in [3.8, 4) is 0 Å². The predicted molar refractivity (Wildman–Crippen MR) is 82.7 cm³/mol. The summed E-state index contributed by atoms with van der Waals surface area (Å²) in [6.45, 7) is 2.08. The molecule has 0 aromatic heterocycles. The Bertz CT molecular complexity index is 608. The van der Waals surface area contributed by atoms with Gasteiger partial charge in [0.1, 0.15) is 0 Å². The van der Waals surface area contributed by atoms with Crippen LogP contribution in [0, 0.1) is 0 Å². The van der Waals surface area contributed by atoms with Crippen LogP contribution in [-0.2, 0) is 11.2 Å². The number of carbonyl (C=O) groups is 1. The number of halogens is 1. The lowest BCUT2D eigenvalue weighted by molar-refractivity contribution is 0.0600. The Morgan fingerprint density at radius 3 is 2.40 bits per heavy atom. The summed E-state index contributed by atoms with van der Waals surface area (Å²) < 4.78 is 4.68. The molecule has 2 rings (SSSR count). The molecule has 20 heavy (non-hydrogen) atoms. The summed E-state index contributed by atoms with van der Waals surface area (Å²) in [4.78, 5) is 13.6. The number of carbonyl (C=O) groups excluding carboxylic acids is 1. The molecule has 0 saturated carbocycles. The van der Waals surface area contributed by atoms with Crippen LogP contribution in [0.4, 0.5) is 0 Å². The quantitative estimate of drug-likeness (QED) is 0.756. The van der Waals surface area contributed by atoms with Crippen molar-refractivity contribution < 1.29 is 9.53 Å². The molecule has 0 N–H and O–H groups in total. The molecule has 4 heteroatoms. The number of rotatable bonds is 4. The largest absolute Gasteiger partial charge is 0.465 e. The molecule has 0 atom stereocenters. The van der Waals surface area contributed by atoms with Crippen molar-refractivity contribution in [3.63, 3.8) is 0 Å². The number of esters is 1. The number of methoxy groups -OCH3 is 1. The zero-order chi connectivity index (χ0) is 14.5. The van der Waals surface area contributed by atoms with Crippen LogP contribution >= 0.6 is 23.4 Å². The van der Waals surface area contributed by atoms with Gasteiger partial charge in [-0.2, -0.15) is 0 Å². The van der Waals surface area contributed by atoms with Crippen molar-refractivity contribution in [1.29, 1.82) is 0 Å². The van der Waals surface area contributed by atoms with Crippen molar-refractivity contribution in [3.05, 3.63) is 58.6 Å². The first kappa shape index (κ1) is 14.9. The summed E-state index contributed by atoms with van der Waals surface area (Å²) in [7, 11) is 1.38. The average Bonchev–Trinajstić information content (AvgIpc) is 2.49. The van der Waals surface area contributed by atoms with Gasteiger partial charge in [-0.15, -0.1) is 0 Å². The molecule has 0 bridgehead atoms. The number of ether oxygens (including phenoxy) is 1. The highest BCUT2D eigenvalue weighted by Gasteiger charge is 2.06. The molecule has 2 nitrogen and oxygen atoms in total. The van der Waals surface area contributed by atoms with Gasteiger partial charge in [0.05, 0.1) is 12.7 Å². The molecule has 0 heterocycles. The van der Waals surface area contributed by atoms with E-state index in [0.717, 1.165) is 26.8 Å². The van der Waals surface area contributed by atoms with E-state index < -0.39 is 0 Å². The van der Waals surface area contributed by atoms with Crippen LogP contribution < -0.4 is 0 Å². The molecule has 0 fully saturated rings. The number of benzene rings is 2. The Labute approximate surface area is 128 Å². The highest BCUT2D eigenvalue weighted by molar-refractivity contribution is 7.99. The third-order valence-corrected chi connectivity index (χ3v) is 4.28. The van der Waals surface area contributed by atoms with Crippen LogP contribution in [-0.4, -0.2) is 13.1 Å². The van der Waals surface area contributed by atoms with E-state index in [-0.39, 0.29) is 5.97 Å². The highest BCUT2D eigenvalue weighted by atomic mass is 35.5. The maximum atomic E-state index is 11.4. The van der Waals surface area contributed by atoms with Crippen LogP contribution in [0.2, 0.25) is 5.02 Å². The zero-order valence-electron chi connectivity index (χ0n) is 11.4. The second-order valence-electron chi connectivity index (χ2n) is 4.22. The van der Waals surface area contributed by atoms with E-state index in [9.17, 15) is 4.79 Å². The van der Waals surface area contributed by atoms with Gasteiger partial charge in [-0.05, 0) is 54.4 Å². The Morgan fingerprint density at radius 1 is 1.15 bits per heavy atom. The minimum absolute atomic E-state index is 0.318. The molecule has 2 aromatic carbocycles. The molecular formula is C16H15ClO2S. The van der Waals surface area contributed by atoms with Crippen LogP contribution in [0.1, 0.15) is 22.8 Å². The summed E-state index contributed by atoms with van der Waals surface area (Å²) in [5.74, 6) is -0.318. The third kappa shape index (κ3) is 3.56. The van der Waals surface area contributed by atoms with E-state index >= 15 is 0 Å². The van der Waals surface area contributed by atoms with Gasteiger partial charge in [-0.3, -0.25) is 0 Å². The Morgan fingerprint density at radius 2 is 1.80 bits per heavy atom. The minimum Gasteiger partial charge on any atom is -0.465 e. The van der Waals surface area contributed by atoms with Crippen LogP contribution in [0.5, 0.6) is 0 Å². The molecule has 0 spiro atoms. The van der Waals surface area contributed by atoms with Gasteiger partial charge in [-0.25, -0.2) is 4.79 Å². The zero-order valence-corrected chi connectivity index (χ0v) is 12.9. The molecule has 0 aliphatic carbocycles. The molecule has 0 saturated heterocycles. The maximum Gasteiger partial charge on any atom is 0.337 e. The Hall–Kier alpha value is -1.45. The van der Waals surface area contributed by atoms with Crippen LogP contribution in [0.3, 0.4) is 0 Å². The molecule has 0 aliphatic rings. The lowest BCUT2D eigenvalue weighted by Crippen LogP contribution is -2.00. The highest BCUT2D eigenvalue weighted by Crippen LogP contribution is 2.30. The van der Waals surface area contributed by atoms with E-state index in [1.165, 1.54) is 7.11 Å². The van der Waals surface area contributed by atoms with Crippen molar-refractivity contribution >= 4 is 29.3 Å². The Balaban J connectivity index is 2.16. The van der Waals surface area contributed by atoms with Gasteiger partial charge in [0.15, 0.2) is 0 Å². The predicted octanol–water partition coefficient (Wildman–Crippen LogP) is 4.84. The van der Waals surface area contributed by atoms with Gasteiger partial charge in [0, 0.05) is 14.8 Å². The normalized spacial score (nSPS) is 10.3. The molecule has 0 amide bonds. The summed E-state index contributed by atoms with van der Waals surface area (Å²) in [5, 5.41) is 0.804. The van der Waals surface area contributed by atoms with Crippen molar-refractivity contribution in [2.45, 2.75) is 23.1 Å². The fraction of sp³-hybridized carbons (Fsp3) is 0.188. The van der Waals surface area contributed by atoms with Crippen LogP contribution in [0.15, 0.2) is 52.3 Å². The summed E-state index contributed by atoms with van der Waals surface area (Å²) >= 11 is 7.75. The molecule has 2 aromatic rings. The van der Waals surface area contributed by atoms with E-state index in [4.69, 9.17) is 11.6 Å². The molecule has 0 aliphatic heterocycles. The van der Waals surface area contributed by atoms with E-state index in [1.54, 1.807) is 23.9 Å². The first-order valence-electron chi connectivity index (χ1n) is 6.28. The maximum absolute atomic E-state index is 11.4. The SMILES string of the molecule is CCc1cc(Sc2ccc(C(=O)OC)cc2)ccc1Cl. The van der Waals surface area contributed by atoms with Gasteiger partial charge in [0.2, 0.25) is 0 Å². The second kappa shape index (κ2) is 6.82. The first-order chi connectivity index (χ1) is 9.63. The molecule has 0 radical (unpaired) electrons. The smallest absolute Gasteiger partial charge is 0.337 e. The van der Waals surface area contributed by atoms with Gasteiger partial charge < -0.3 is 4.74 Å². The summed E-state index contributed by atoms with van der Waals surface area (Å²) in [6, 6.07) is 13.4. The summed E-state index contributed by atoms with van der Waals surface area (Å²) in [6.07, 6.45) is 0.911. The van der Waals surface area contributed by atoms with E-state index in [2.05, 4.69) is 17.7 Å². The van der Waals surface area contributed by atoms with Gasteiger partial charge in [-0.1, -0.05) is 30.3 Å². The standard InChI is InChI=1S/C16H15ClO2S/c1-3-11-10-14(8-9-15(11)17)20-13-6-4-12(5-7-13)16(18)19-2/h4-10H,3H2,1-2H3.